The number of unbranched alkanes of at least 4 members (excludes halogenated alkanes) is 1. The van der Waals surface area contributed by atoms with Gasteiger partial charge in [0.05, 0.1) is 25.6 Å². The molecule has 7 nitrogen and oxygen atoms in total. The summed E-state index contributed by atoms with van der Waals surface area (Å²) < 4.78 is 16.4. The third-order valence-corrected chi connectivity index (χ3v) is 4.56. The molecule has 0 unspecified atom stereocenters. The molecule has 168 valence electrons. The summed E-state index contributed by atoms with van der Waals surface area (Å²) in [6.07, 6.45) is 6.06. The number of hydrogen-bond donors (Lipinski definition) is 2. The fraction of sp³-hybridized carbons (Fsp3) is 0.762. The molecular formula is C21H39IN4O3. The summed E-state index contributed by atoms with van der Waals surface area (Å²) in [4.78, 5) is 7.20. The van der Waals surface area contributed by atoms with Crippen LogP contribution in [-0.2, 0) is 15.9 Å². The zero-order valence-electron chi connectivity index (χ0n) is 18.0. The van der Waals surface area contributed by atoms with Crippen LogP contribution in [0.15, 0.2) is 27.8 Å². The zero-order valence-corrected chi connectivity index (χ0v) is 20.4. The van der Waals surface area contributed by atoms with Gasteiger partial charge in [-0.2, -0.15) is 0 Å². The van der Waals surface area contributed by atoms with E-state index in [1.54, 1.807) is 6.26 Å². The van der Waals surface area contributed by atoms with Crippen LogP contribution in [0.25, 0.3) is 0 Å². The van der Waals surface area contributed by atoms with Gasteiger partial charge in [-0.15, -0.1) is 24.0 Å². The highest BCUT2D eigenvalue weighted by Crippen LogP contribution is 2.00. The average molecular weight is 522 g/mol. The molecule has 0 saturated carbocycles. The first-order valence-electron chi connectivity index (χ1n) is 10.7. The molecule has 8 heteroatoms. The van der Waals surface area contributed by atoms with Crippen LogP contribution < -0.4 is 10.6 Å². The van der Waals surface area contributed by atoms with E-state index in [0.717, 1.165) is 96.5 Å². The minimum absolute atomic E-state index is 0. The summed E-state index contributed by atoms with van der Waals surface area (Å²) in [5.41, 5.74) is 0. The van der Waals surface area contributed by atoms with E-state index in [1.807, 2.05) is 12.1 Å². The molecule has 1 aromatic rings. The minimum Gasteiger partial charge on any atom is -0.469 e. The van der Waals surface area contributed by atoms with Crippen molar-refractivity contribution in [1.82, 2.24) is 15.5 Å². The molecule has 2 N–H and O–H groups in total. The Morgan fingerprint density at radius 1 is 1.17 bits per heavy atom. The maximum atomic E-state index is 5.59. The van der Waals surface area contributed by atoms with Crippen molar-refractivity contribution in [3.05, 3.63) is 24.2 Å². The minimum atomic E-state index is 0. The second kappa shape index (κ2) is 16.9. The van der Waals surface area contributed by atoms with E-state index in [0.29, 0.717) is 6.10 Å². The van der Waals surface area contributed by atoms with Gasteiger partial charge in [0.15, 0.2) is 5.96 Å². The number of rotatable bonds is 13. The predicted molar refractivity (Wildman–Crippen MR) is 128 cm³/mol. The Morgan fingerprint density at radius 3 is 2.69 bits per heavy atom. The molecule has 0 atom stereocenters. The van der Waals surface area contributed by atoms with Crippen LogP contribution in [0.2, 0.25) is 0 Å². The van der Waals surface area contributed by atoms with Gasteiger partial charge in [-0.05, 0) is 45.2 Å². The molecule has 0 amide bonds. The van der Waals surface area contributed by atoms with E-state index >= 15 is 0 Å². The molecule has 2 rings (SSSR count). The van der Waals surface area contributed by atoms with Crippen LogP contribution in [-0.4, -0.2) is 76.1 Å². The van der Waals surface area contributed by atoms with Crippen LogP contribution in [0.5, 0.6) is 0 Å². The molecule has 29 heavy (non-hydrogen) atoms. The van der Waals surface area contributed by atoms with Gasteiger partial charge in [-0.1, -0.05) is 0 Å². The van der Waals surface area contributed by atoms with Gasteiger partial charge in [0.1, 0.15) is 5.76 Å². The molecule has 0 bridgehead atoms. The van der Waals surface area contributed by atoms with Crippen molar-refractivity contribution in [2.24, 2.45) is 4.99 Å². The van der Waals surface area contributed by atoms with Crippen molar-refractivity contribution in [2.45, 2.75) is 45.6 Å². The van der Waals surface area contributed by atoms with Gasteiger partial charge in [-0.25, -0.2) is 0 Å². The molecule has 1 fully saturated rings. The van der Waals surface area contributed by atoms with Crippen molar-refractivity contribution in [3.63, 3.8) is 0 Å². The number of hydrogen-bond acceptors (Lipinski definition) is 5. The number of furan rings is 1. The Bertz CT molecular complexity index is 520. The van der Waals surface area contributed by atoms with E-state index in [-0.39, 0.29) is 24.0 Å². The number of nitrogens with zero attached hydrogens (tertiary/aromatic N) is 2. The van der Waals surface area contributed by atoms with Gasteiger partial charge in [0.25, 0.3) is 0 Å². The lowest BCUT2D eigenvalue weighted by atomic mass is 10.3. The highest BCUT2D eigenvalue weighted by molar-refractivity contribution is 14.0. The Balaban J connectivity index is 0.00000420. The zero-order chi connectivity index (χ0) is 19.9. The van der Waals surface area contributed by atoms with Crippen molar-refractivity contribution in [1.29, 1.82) is 0 Å². The Kier molecular flexibility index (Phi) is 15.3. The van der Waals surface area contributed by atoms with Crippen LogP contribution in [0.3, 0.4) is 0 Å². The van der Waals surface area contributed by atoms with Gasteiger partial charge >= 0.3 is 0 Å². The lowest BCUT2D eigenvalue weighted by Gasteiger charge is -2.26. The molecular weight excluding hydrogens is 483 g/mol. The lowest BCUT2D eigenvalue weighted by Crippen LogP contribution is -2.39. The monoisotopic (exact) mass is 522 g/mol. The predicted octanol–water partition coefficient (Wildman–Crippen LogP) is 2.90. The normalized spacial score (nSPS) is 15.3. The van der Waals surface area contributed by atoms with Crippen LogP contribution in [0.1, 0.15) is 38.9 Å². The summed E-state index contributed by atoms with van der Waals surface area (Å²) in [7, 11) is 0. The van der Waals surface area contributed by atoms with Crippen molar-refractivity contribution in [2.75, 3.05) is 59.1 Å². The van der Waals surface area contributed by atoms with E-state index in [9.17, 15) is 0 Å². The number of halogens is 1. The van der Waals surface area contributed by atoms with Crippen LogP contribution in [0, 0.1) is 0 Å². The van der Waals surface area contributed by atoms with E-state index in [2.05, 4.69) is 29.4 Å². The van der Waals surface area contributed by atoms with Crippen molar-refractivity contribution < 1.29 is 13.9 Å². The largest absolute Gasteiger partial charge is 0.469 e. The molecule has 1 aromatic heterocycles. The number of nitrogens with one attached hydrogen (secondary N) is 2. The molecule has 0 aliphatic carbocycles. The molecule has 0 radical (unpaired) electrons. The van der Waals surface area contributed by atoms with Gasteiger partial charge < -0.3 is 24.5 Å². The summed E-state index contributed by atoms with van der Waals surface area (Å²) in [6.45, 7) is 12.3. The Hall–Kier alpha value is -0.840. The van der Waals surface area contributed by atoms with E-state index in [4.69, 9.17) is 18.9 Å². The Morgan fingerprint density at radius 2 is 1.97 bits per heavy atom. The number of guanidine groups is 1. The first-order chi connectivity index (χ1) is 13.7. The maximum Gasteiger partial charge on any atom is 0.191 e. The first-order valence-corrected chi connectivity index (χ1v) is 10.7. The fourth-order valence-corrected chi connectivity index (χ4v) is 3.00. The smallest absolute Gasteiger partial charge is 0.191 e. The standard InChI is InChI=1S/C21H38N4O3.HI/c1-19(2)27-15-4-3-9-22-21(24-11-8-20-7-5-16-28-20)23-10-6-12-25-13-17-26-18-14-25;/h5,7,16,19H,3-4,6,8-15,17-18H2,1-2H3,(H2,22,23,24);1H. The molecule has 2 heterocycles. The third-order valence-electron chi connectivity index (χ3n) is 4.56. The summed E-state index contributed by atoms with van der Waals surface area (Å²) in [6, 6.07) is 3.93. The van der Waals surface area contributed by atoms with Gasteiger partial charge in [-0.3, -0.25) is 9.89 Å². The van der Waals surface area contributed by atoms with Crippen molar-refractivity contribution >= 4 is 29.9 Å². The summed E-state index contributed by atoms with van der Waals surface area (Å²) in [5, 5.41) is 6.87. The van der Waals surface area contributed by atoms with Crippen molar-refractivity contribution in [3.8, 4) is 0 Å². The Labute approximate surface area is 193 Å². The maximum absolute atomic E-state index is 5.59. The second-order valence-corrected chi connectivity index (χ2v) is 7.35. The molecule has 1 aliphatic heterocycles. The highest BCUT2D eigenvalue weighted by Gasteiger charge is 2.09. The molecule has 0 aromatic carbocycles. The number of ether oxygens (including phenoxy) is 2. The summed E-state index contributed by atoms with van der Waals surface area (Å²) >= 11 is 0. The quantitative estimate of drug-likeness (QED) is 0.180. The van der Waals surface area contributed by atoms with Crippen LogP contribution >= 0.6 is 24.0 Å². The molecule has 1 saturated heterocycles. The van der Waals surface area contributed by atoms with Gasteiger partial charge in [0.2, 0.25) is 0 Å². The summed E-state index contributed by atoms with van der Waals surface area (Å²) in [5.74, 6) is 1.88. The SMILES string of the molecule is CC(C)OCCCCNC(=NCCCN1CCOCC1)NCCc1ccco1.I. The topological polar surface area (TPSA) is 71.3 Å². The van der Waals surface area contributed by atoms with E-state index < -0.39 is 0 Å². The highest BCUT2D eigenvalue weighted by atomic mass is 127. The number of morpholine rings is 1. The van der Waals surface area contributed by atoms with Crippen LogP contribution in [0.4, 0.5) is 0 Å². The first kappa shape index (κ1) is 26.2. The third kappa shape index (κ3) is 13.1. The van der Waals surface area contributed by atoms with E-state index in [1.165, 1.54) is 0 Å². The second-order valence-electron chi connectivity index (χ2n) is 7.35. The van der Waals surface area contributed by atoms with Gasteiger partial charge in [0, 0.05) is 52.3 Å². The number of aliphatic imine (C=N–C) groups is 1. The molecule has 0 spiro atoms. The molecule has 1 aliphatic rings. The lowest BCUT2D eigenvalue weighted by molar-refractivity contribution is 0.0377. The average Bonchev–Trinajstić information content (AvgIpc) is 3.21. The fourth-order valence-electron chi connectivity index (χ4n) is 3.00.